The van der Waals surface area contributed by atoms with Crippen molar-refractivity contribution in [3.63, 3.8) is 0 Å². The number of anilines is 2. The van der Waals surface area contributed by atoms with Gasteiger partial charge in [0.05, 0.1) is 11.5 Å². The molecule has 0 aromatic carbocycles. The van der Waals surface area contributed by atoms with Gasteiger partial charge in [0, 0.05) is 55.9 Å². The van der Waals surface area contributed by atoms with Crippen LogP contribution in [0.3, 0.4) is 0 Å². The highest BCUT2D eigenvalue weighted by Gasteiger charge is 2.29. The molecular weight excluding hydrogens is 414 g/mol. The predicted octanol–water partition coefficient (Wildman–Crippen LogP) is 4.87. The first-order valence-corrected chi connectivity index (χ1v) is 11.1. The summed E-state index contributed by atoms with van der Waals surface area (Å²) in [4.78, 5) is 22.8. The first kappa shape index (κ1) is 23.1. The lowest BCUT2D eigenvalue weighted by Crippen LogP contribution is -2.38. The molecule has 1 aromatic rings. The zero-order valence-corrected chi connectivity index (χ0v) is 19.9. The Bertz CT molecular complexity index is 956. The minimum atomic E-state index is -0.315. The summed E-state index contributed by atoms with van der Waals surface area (Å²) in [7, 11) is 2.06. The van der Waals surface area contributed by atoms with E-state index in [4.69, 9.17) is 16.6 Å². The van der Waals surface area contributed by atoms with Gasteiger partial charge in [-0.25, -0.2) is 4.98 Å². The van der Waals surface area contributed by atoms with Crippen LogP contribution >= 0.6 is 11.6 Å². The Morgan fingerprint density at radius 2 is 2.16 bits per heavy atom. The average Bonchev–Trinajstić information content (AvgIpc) is 2.70. The number of aryl methyl sites for hydroxylation is 1. The Balaban J connectivity index is 1.99. The largest absolute Gasteiger partial charge is 0.372 e. The van der Waals surface area contributed by atoms with Crippen LogP contribution in [0.25, 0.3) is 0 Å². The topological polar surface area (TPSA) is 65.8 Å². The summed E-state index contributed by atoms with van der Waals surface area (Å²) in [6.45, 7) is 15.4. The third-order valence-electron chi connectivity index (χ3n) is 6.20. The molecule has 0 spiro atoms. The van der Waals surface area contributed by atoms with E-state index in [1.807, 2.05) is 24.8 Å². The molecule has 3 heterocycles. The fraction of sp³-hybridized carbons (Fsp3) is 0.522. The summed E-state index contributed by atoms with van der Waals surface area (Å²) in [5, 5.41) is 12.7. The van der Waals surface area contributed by atoms with Crippen LogP contribution in [-0.2, 0) is 0 Å². The van der Waals surface area contributed by atoms with Crippen LogP contribution in [0.1, 0.15) is 32.8 Å². The molecule has 0 fully saturated rings. The number of nitrogens with zero attached hydrogens (tertiary/aromatic N) is 5. The second-order valence-electron chi connectivity index (χ2n) is 8.60. The fourth-order valence-corrected chi connectivity index (χ4v) is 4.50. The molecule has 168 valence electrons. The Morgan fingerprint density at radius 1 is 1.45 bits per heavy atom. The first-order chi connectivity index (χ1) is 14.6. The Labute approximate surface area is 189 Å². The van der Waals surface area contributed by atoms with Gasteiger partial charge in [0.2, 0.25) is 5.82 Å². The lowest BCUT2D eigenvalue weighted by Gasteiger charge is -2.37. The van der Waals surface area contributed by atoms with Crippen molar-refractivity contribution in [2.24, 2.45) is 5.92 Å². The molecular formula is C23H32ClN5O2. The van der Waals surface area contributed by atoms with E-state index in [0.29, 0.717) is 31.0 Å². The third-order valence-corrected chi connectivity index (χ3v) is 6.43. The SMILES string of the molecule is C=C(C)C(C)CN(CC)c1nc(N2CCC3=C(C=C(Cl)CN3C)C2)cc(C)c1[N+](=O)[O-]. The van der Waals surface area contributed by atoms with E-state index in [2.05, 4.69) is 36.4 Å². The number of pyridine rings is 1. The average molecular weight is 446 g/mol. The molecule has 0 radical (unpaired) electrons. The van der Waals surface area contributed by atoms with Gasteiger partial charge in [0.15, 0.2) is 0 Å². The zero-order valence-electron chi connectivity index (χ0n) is 19.1. The maximum atomic E-state index is 11.9. The summed E-state index contributed by atoms with van der Waals surface area (Å²) < 4.78 is 0. The van der Waals surface area contributed by atoms with Gasteiger partial charge in [-0.3, -0.25) is 10.1 Å². The van der Waals surface area contributed by atoms with E-state index in [-0.39, 0.29) is 16.5 Å². The number of nitro groups is 1. The van der Waals surface area contributed by atoms with Gasteiger partial charge in [0.1, 0.15) is 5.82 Å². The van der Waals surface area contributed by atoms with E-state index < -0.39 is 0 Å². The summed E-state index contributed by atoms with van der Waals surface area (Å²) in [6.07, 6.45) is 2.94. The molecule has 0 aliphatic carbocycles. The molecule has 8 heteroatoms. The maximum Gasteiger partial charge on any atom is 0.314 e. The van der Waals surface area contributed by atoms with Crippen molar-refractivity contribution in [2.75, 3.05) is 49.6 Å². The van der Waals surface area contributed by atoms with Crippen LogP contribution in [0, 0.1) is 23.0 Å². The normalized spacial score (nSPS) is 17.3. The number of aromatic nitrogens is 1. The van der Waals surface area contributed by atoms with Gasteiger partial charge in [-0.1, -0.05) is 30.7 Å². The van der Waals surface area contributed by atoms with Gasteiger partial charge in [0.25, 0.3) is 0 Å². The van der Waals surface area contributed by atoms with E-state index >= 15 is 0 Å². The lowest BCUT2D eigenvalue weighted by atomic mass is 10.0. The van der Waals surface area contributed by atoms with Crippen LogP contribution in [0.4, 0.5) is 17.3 Å². The number of hydrogen-bond donors (Lipinski definition) is 0. The zero-order chi connectivity index (χ0) is 22.9. The molecule has 1 unspecified atom stereocenters. The van der Waals surface area contributed by atoms with Crippen molar-refractivity contribution in [1.29, 1.82) is 0 Å². The highest BCUT2D eigenvalue weighted by molar-refractivity contribution is 6.30. The third kappa shape index (κ3) is 4.87. The predicted molar refractivity (Wildman–Crippen MR) is 128 cm³/mol. The summed E-state index contributed by atoms with van der Waals surface area (Å²) in [5.41, 5.74) is 4.25. The molecule has 7 nitrogen and oxygen atoms in total. The van der Waals surface area contributed by atoms with Crippen LogP contribution in [-0.4, -0.2) is 54.6 Å². The van der Waals surface area contributed by atoms with E-state index in [1.165, 1.54) is 11.3 Å². The Hall–Kier alpha value is -2.54. The quantitative estimate of drug-likeness (QED) is 0.339. The van der Waals surface area contributed by atoms with Crippen molar-refractivity contribution in [3.8, 4) is 0 Å². The monoisotopic (exact) mass is 445 g/mol. The van der Waals surface area contributed by atoms with E-state index in [0.717, 1.165) is 35.9 Å². The van der Waals surface area contributed by atoms with Gasteiger partial charge in [-0.15, -0.1) is 0 Å². The van der Waals surface area contributed by atoms with Crippen LogP contribution < -0.4 is 9.80 Å². The Morgan fingerprint density at radius 3 is 2.77 bits per heavy atom. The van der Waals surface area contributed by atoms with Crippen LogP contribution in [0.2, 0.25) is 0 Å². The van der Waals surface area contributed by atoms with Crippen molar-refractivity contribution in [1.82, 2.24) is 9.88 Å². The molecule has 1 aromatic heterocycles. The maximum absolute atomic E-state index is 11.9. The number of rotatable bonds is 7. The number of likely N-dealkylation sites (N-methyl/N-ethyl adjacent to an activating group) is 1. The van der Waals surface area contributed by atoms with Crippen molar-refractivity contribution in [2.45, 2.75) is 34.1 Å². The summed E-state index contributed by atoms with van der Waals surface area (Å²) in [5.74, 6) is 1.41. The highest BCUT2D eigenvalue weighted by atomic mass is 35.5. The van der Waals surface area contributed by atoms with Crippen molar-refractivity contribution in [3.05, 3.63) is 56.3 Å². The van der Waals surface area contributed by atoms with E-state index in [9.17, 15) is 10.1 Å². The highest BCUT2D eigenvalue weighted by Crippen LogP contribution is 2.36. The van der Waals surface area contributed by atoms with Gasteiger partial charge < -0.3 is 14.7 Å². The molecule has 31 heavy (non-hydrogen) atoms. The molecule has 1 atom stereocenters. The van der Waals surface area contributed by atoms with Gasteiger partial charge in [-0.2, -0.15) is 0 Å². The standard InChI is InChI=1S/C23H32ClN5O2/c1-7-27(12-17(5)15(2)3)23-22(29(30)31)16(4)10-21(25-23)28-9-8-20-18(13-28)11-19(24)14-26(20)6/h10-11,17H,2,7-9,12-14H2,1,3-6H3. The molecule has 2 aliphatic rings. The molecule has 3 rings (SSSR count). The van der Waals surface area contributed by atoms with Gasteiger partial charge in [-0.05, 0) is 44.4 Å². The lowest BCUT2D eigenvalue weighted by molar-refractivity contribution is -0.384. The fourth-order valence-electron chi connectivity index (χ4n) is 4.19. The van der Waals surface area contributed by atoms with Crippen molar-refractivity contribution < 1.29 is 4.92 Å². The minimum absolute atomic E-state index is 0.0803. The van der Waals surface area contributed by atoms with Crippen LogP contribution in [0.15, 0.2) is 40.6 Å². The number of hydrogen-bond acceptors (Lipinski definition) is 6. The van der Waals surface area contributed by atoms with Crippen molar-refractivity contribution >= 4 is 28.9 Å². The second-order valence-corrected chi connectivity index (χ2v) is 9.09. The molecule has 0 bridgehead atoms. The molecule has 0 N–H and O–H groups in total. The second kappa shape index (κ2) is 9.30. The van der Waals surface area contributed by atoms with E-state index in [1.54, 1.807) is 6.92 Å². The molecule has 0 saturated carbocycles. The first-order valence-electron chi connectivity index (χ1n) is 10.7. The summed E-state index contributed by atoms with van der Waals surface area (Å²) in [6, 6.07) is 1.83. The molecule has 2 aliphatic heterocycles. The molecule has 0 amide bonds. The summed E-state index contributed by atoms with van der Waals surface area (Å²) >= 11 is 6.33. The Kier molecular flexibility index (Phi) is 6.94. The van der Waals surface area contributed by atoms with Gasteiger partial charge >= 0.3 is 5.69 Å². The molecule has 0 saturated heterocycles. The minimum Gasteiger partial charge on any atom is -0.372 e. The van der Waals surface area contributed by atoms with Crippen LogP contribution in [0.5, 0.6) is 0 Å². The smallest absolute Gasteiger partial charge is 0.314 e. The number of halogens is 1.